The number of methoxy groups -OCH3 is 1. The van der Waals surface area contributed by atoms with Crippen molar-refractivity contribution in [3.8, 4) is 11.5 Å². The minimum atomic E-state index is -0.722. The molecule has 1 fully saturated rings. The van der Waals surface area contributed by atoms with E-state index in [9.17, 15) is 19.2 Å². The molecule has 0 bridgehead atoms. The van der Waals surface area contributed by atoms with Gasteiger partial charge in [0.2, 0.25) is 5.91 Å². The van der Waals surface area contributed by atoms with E-state index in [1.165, 1.54) is 12.5 Å². The van der Waals surface area contributed by atoms with E-state index in [0.29, 0.717) is 17.9 Å². The molecular weight excluding hydrogens is 616 g/mol. The predicted molar refractivity (Wildman–Crippen MR) is 197 cm³/mol. The van der Waals surface area contributed by atoms with Gasteiger partial charge in [0, 0.05) is 12.8 Å². The molecule has 0 aromatic heterocycles. The molecule has 12 nitrogen and oxygen atoms in total. The Morgan fingerprint density at radius 3 is 2.08 bits per heavy atom. The van der Waals surface area contributed by atoms with Crippen LogP contribution in [0.5, 0.6) is 11.5 Å². The molecule has 4 N–H and O–H groups in total. The van der Waals surface area contributed by atoms with E-state index in [2.05, 4.69) is 29.8 Å². The van der Waals surface area contributed by atoms with Crippen molar-refractivity contribution in [1.29, 1.82) is 0 Å². The smallest absolute Gasteiger partial charge is 0.303 e. The van der Waals surface area contributed by atoms with Gasteiger partial charge in [-0.25, -0.2) is 0 Å². The third kappa shape index (κ3) is 35.5. The van der Waals surface area contributed by atoms with Gasteiger partial charge >= 0.3 is 5.97 Å². The minimum Gasteiger partial charge on any atom is -0.493 e. The number of hydrogen-bond acceptors (Lipinski definition) is 10. The maximum atomic E-state index is 11.0. The Balaban J connectivity index is -0.000000287. The lowest BCUT2D eigenvalue weighted by Crippen LogP contribution is -2.43. The van der Waals surface area contributed by atoms with E-state index in [4.69, 9.17) is 19.3 Å². The first kappa shape index (κ1) is 51.5. The van der Waals surface area contributed by atoms with E-state index in [1.54, 1.807) is 20.2 Å². The summed E-state index contributed by atoms with van der Waals surface area (Å²) in [5, 5.41) is 16.3. The maximum Gasteiger partial charge on any atom is 0.303 e. The van der Waals surface area contributed by atoms with Gasteiger partial charge in [0.05, 0.1) is 26.3 Å². The number of nitrogens with one attached hydrogen (secondary N) is 3. The fourth-order valence-corrected chi connectivity index (χ4v) is 3.15. The van der Waals surface area contributed by atoms with Crippen molar-refractivity contribution in [2.24, 2.45) is 5.92 Å². The molecule has 0 saturated carbocycles. The number of benzene rings is 1. The Bertz CT molecular complexity index is 934. The molecule has 0 radical (unpaired) electrons. The number of amides is 1. The van der Waals surface area contributed by atoms with Crippen molar-refractivity contribution >= 4 is 30.5 Å². The number of aldehydes is 2. The fourth-order valence-electron chi connectivity index (χ4n) is 3.15. The lowest BCUT2D eigenvalue weighted by Gasteiger charge is -2.24. The molecule has 2 unspecified atom stereocenters. The van der Waals surface area contributed by atoms with Gasteiger partial charge in [-0.1, -0.05) is 60.1 Å². The number of ether oxygens (including phenoxy) is 3. The average Bonchev–Trinajstić information content (AvgIpc) is 3.05. The largest absolute Gasteiger partial charge is 0.493 e. The van der Waals surface area contributed by atoms with Gasteiger partial charge in [-0.2, -0.15) is 0 Å². The van der Waals surface area contributed by atoms with E-state index < -0.39 is 5.97 Å². The molecule has 1 aliphatic heterocycles. The van der Waals surface area contributed by atoms with Crippen LogP contribution < -0.4 is 25.4 Å². The average molecular weight is 685 g/mol. The zero-order valence-corrected chi connectivity index (χ0v) is 31.9. The molecular formula is C36H68N4O8. The van der Waals surface area contributed by atoms with Crippen molar-refractivity contribution in [3.63, 3.8) is 0 Å². The fraction of sp³-hybridized carbons (Fsp3) is 0.667. The standard InChI is InChI=1S/C15H18O4.C8H16N2O2.C5H11NO2.C3H9N.C3H8.C2H6/c1-17-14-11-12(5-4-9-16)7-8-13(14)19-15-6-2-3-10-18-15;1-6(2)7(5-11)10-8(12)4-9-3;1-6-4-2-3-5(7)8;1-4(2)3;1-3-2;1-2/h4-5,7-9,11,15H,2-3,6,10H2,1H3;5-7,9H,4H2,1-3H3,(H,10,12);6H,2-4H2,1H3,(H,7,8);1-3H3;3H2,1-2H3;1-2H3/b5-4+;;;;;. The predicted octanol–water partition coefficient (Wildman–Crippen LogP) is 5.05. The van der Waals surface area contributed by atoms with E-state index in [1.807, 2.05) is 79.0 Å². The Morgan fingerprint density at radius 1 is 1.06 bits per heavy atom. The van der Waals surface area contributed by atoms with Gasteiger partial charge in [-0.3, -0.25) is 14.4 Å². The second-order valence-electron chi connectivity index (χ2n) is 11.0. The number of likely N-dealkylation sites (N-methyl/N-ethyl adjacent to an activating group) is 1. The molecule has 1 aliphatic rings. The summed E-state index contributed by atoms with van der Waals surface area (Å²) in [6.07, 6.45) is 9.81. The highest BCUT2D eigenvalue weighted by molar-refractivity contribution is 5.81. The zero-order chi connectivity index (χ0) is 37.8. The van der Waals surface area contributed by atoms with Crippen molar-refractivity contribution in [1.82, 2.24) is 20.9 Å². The summed E-state index contributed by atoms with van der Waals surface area (Å²) < 4.78 is 16.6. The first-order chi connectivity index (χ1) is 22.9. The highest BCUT2D eigenvalue weighted by Crippen LogP contribution is 2.31. The summed E-state index contributed by atoms with van der Waals surface area (Å²) in [5.74, 6) is 0.576. The van der Waals surface area contributed by atoms with Crippen molar-refractivity contribution in [3.05, 3.63) is 29.8 Å². The number of nitrogens with zero attached hydrogens (tertiary/aromatic N) is 1. The number of carboxylic acid groups (broad SMARTS) is 1. The molecule has 12 heteroatoms. The summed E-state index contributed by atoms with van der Waals surface area (Å²) in [5.41, 5.74) is 0.890. The number of hydrogen-bond donors (Lipinski definition) is 4. The van der Waals surface area contributed by atoms with E-state index in [-0.39, 0.29) is 37.1 Å². The molecule has 1 amide bonds. The number of carbonyl (C=O) groups is 4. The van der Waals surface area contributed by atoms with Gasteiger partial charge in [0.15, 0.2) is 17.8 Å². The molecule has 48 heavy (non-hydrogen) atoms. The number of rotatable bonds is 14. The van der Waals surface area contributed by atoms with Gasteiger partial charge in [0.1, 0.15) is 12.6 Å². The Morgan fingerprint density at radius 2 is 1.67 bits per heavy atom. The van der Waals surface area contributed by atoms with Crippen LogP contribution in [0, 0.1) is 5.92 Å². The highest BCUT2D eigenvalue weighted by Gasteiger charge is 2.17. The van der Waals surface area contributed by atoms with Gasteiger partial charge in [0.25, 0.3) is 0 Å². The maximum absolute atomic E-state index is 11.0. The molecule has 1 saturated heterocycles. The van der Waals surface area contributed by atoms with E-state index >= 15 is 0 Å². The molecule has 2 atom stereocenters. The molecule has 0 aliphatic carbocycles. The van der Waals surface area contributed by atoms with Crippen LogP contribution in [0.4, 0.5) is 0 Å². The third-order valence-corrected chi connectivity index (χ3v) is 5.30. The molecule has 2 rings (SSSR count). The van der Waals surface area contributed by atoms with Crippen LogP contribution in [0.3, 0.4) is 0 Å². The number of aliphatic carboxylic acids is 1. The van der Waals surface area contributed by atoms with Crippen LogP contribution in [-0.2, 0) is 23.9 Å². The summed E-state index contributed by atoms with van der Waals surface area (Å²) >= 11 is 0. The summed E-state index contributed by atoms with van der Waals surface area (Å²) in [6, 6.07) is 5.17. The zero-order valence-electron chi connectivity index (χ0n) is 31.9. The lowest BCUT2D eigenvalue weighted by atomic mass is 10.1. The van der Waals surface area contributed by atoms with Crippen LogP contribution in [0.25, 0.3) is 6.08 Å². The van der Waals surface area contributed by atoms with E-state index in [0.717, 1.165) is 50.5 Å². The molecule has 280 valence electrons. The summed E-state index contributed by atoms with van der Waals surface area (Å²) in [7, 11) is 11.1. The number of carbonyl (C=O) groups excluding carboxylic acids is 3. The topological polar surface area (TPSA) is 156 Å². The first-order valence-electron chi connectivity index (χ1n) is 16.8. The van der Waals surface area contributed by atoms with Crippen LogP contribution in [-0.4, -0.2) is 109 Å². The quantitative estimate of drug-likeness (QED) is 0.118. The summed E-state index contributed by atoms with van der Waals surface area (Å²) in [6.45, 7) is 13.8. The normalized spacial score (nSPS) is 13.6. The van der Waals surface area contributed by atoms with Crippen LogP contribution in [0.2, 0.25) is 0 Å². The third-order valence-electron chi connectivity index (χ3n) is 5.30. The Labute approximate surface area is 291 Å². The van der Waals surface area contributed by atoms with Crippen molar-refractivity contribution in [2.75, 3.05) is 62.0 Å². The Kier molecular flexibility index (Phi) is 40.9. The van der Waals surface area contributed by atoms with Gasteiger partial charge in [-0.05, 0) is 90.7 Å². The molecule has 1 aromatic carbocycles. The number of carboxylic acids is 1. The lowest BCUT2D eigenvalue weighted by molar-refractivity contribution is -0.137. The molecule has 1 aromatic rings. The van der Waals surface area contributed by atoms with Gasteiger partial charge < -0.3 is 45.0 Å². The molecule has 1 heterocycles. The van der Waals surface area contributed by atoms with Crippen LogP contribution in [0.15, 0.2) is 24.3 Å². The van der Waals surface area contributed by atoms with Crippen LogP contribution in [0.1, 0.15) is 85.6 Å². The SMILES string of the molecule is CC.CCC.CN(C)C.CNCC(=O)NC(C=O)C(C)C.CNCCCC(=O)O.COc1cc(/C=C/C=O)ccc1OC1CCCCO1. The number of allylic oxidation sites excluding steroid dienone is 1. The first-order valence-corrected chi connectivity index (χ1v) is 16.8. The summed E-state index contributed by atoms with van der Waals surface area (Å²) in [4.78, 5) is 43.6. The monoisotopic (exact) mass is 685 g/mol. The molecule has 0 spiro atoms. The van der Waals surface area contributed by atoms with Gasteiger partial charge in [-0.15, -0.1) is 0 Å². The minimum absolute atomic E-state index is 0.142. The van der Waals surface area contributed by atoms with Crippen molar-refractivity contribution in [2.45, 2.75) is 92.4 Å². The van der Waals surface area contributed by atoms with Crippen LogP contribution >= 0.6 is 0 Å². The highest BCUT2D eigenvalue weighted by atomic mass is 16.7. The second-order valence-corrected chi connectivity index (χ2v) is 11.0. The Hall–Kier alpha value is -3.32. The second kappa shape index (κ2) is 38.1. The van der Waals surface area contributed by atoms with Crippen molar-refractivity contribution < 1.29 is 38.5 Å².